The largest absolute Gasteiger partial charge is 1.00 e. The van der Waals surface area contributed by atoms with Gasteiger partial charge < -0.3 is 24.8 Å². The summed E-state index contributed by atoms with van der Waals surface area (Å²) in [5.41, 5.74) is 7.53. The fourth-order valence-electron chi connectivity index (χ4n) is 3.86. The second-order valence-corrected chi connectivity index (χ2v) is 12.7. The van der Waals surface area contributed by atoms with E-state index in [9.17, 15) is 0 Å². The molecule has 0 amide bonds. The molecule has 0 aromatic heterocycles. The summed E-state index contributed by atoms with van der Waals surface area (Å²) in [7, 11) is 0. The van der Waals surface area contributed by atoms with E-state index in [0.717, 1.165) is 0 Å². The van der Waals surface area contributed by atoms with E-state index >= 15 is 0 Å². The van der Waals surface area contributed by atoms with Gasteiger partial charge in [-0.25, -0.2) is 0 Å². The molecule has 2 aliphatic rings. The summed E-state index contributed by atoms with van der Waals surface area (Å²) in [6, 6.07) is 18.0. The van der Waals surface area contributed by atoms with Crippen LogP contribution in [0.25, 0.3) is 11.1 Å². The molecular formula is C22H21Cl2Hf. The minimum Gasteiger partial charge on any atom is -1.00 e. The minimum absolute atomic E-state index is 0. The molecule has 0 unspecified atom stereocenters. The van der Waals surface area contributed by atoms with Crippen LogP contribution < -0.4 is 24.8 Å². The predicted molar refractivity (Wildman–Crippen MR) is 95.5 cm³/mol. The quantitative estimate of drug-likeness (QED) is 0.475. The molecule has 0 heterocycles. The fraction of sp³-hybridized carbons (Fsp3) is 0.227. The van der Waals surface area contributed by atoms with E-state index in [-0.39, 0.29) is 24.8 Å². The van der Waals surface area contributed by atoms with Crippen LogP contribution >= 0.6 is 0 Å². The molecule has 0 bridgehead atoms. The topological polar surface area (TPSA) is 0 Å². The van der Waals surface area contributed by atoms with Crippen LogP contribution in [0.4, 0.5) is 0 Å². The SMILES string of the molecule is CC1=[C](/[Hf+2]=[C](\C)CC2c3ccccc3-c3ccccc32)CC=C1.[Cl-].[Cl-]. The molecule has 0 nitrogen and oxygen atoms in total. The molecule has 0 saturated heterocycles. The summed E-state index contributed by atoms with van der Waals surface area (Å²) in [5.74, 6) is 0.574. The number of hydrogen-bond donors (Lipinski definition) is 0. The average molecular weight is 535 g/mol. The number of allylic oxidation sites excluding steroid dienone is 4. The molecule has 2 aromatic carbocycles. The van der Waals surface area contributed by atoms with E-state index < -0.39 is 22.4 Å². The van der Waals surface area contributed by atoms with Crippen LogP contribution in [-0.4, -0.2) is 3.26 Å². The predicted octanol–water partition coefficient (Wildman–Crippen LogP) is -0.294. The molecule has 0 aliphatic heterocycles. The summed E-state index contributed by atoms with van der Waals surface area (Å²) >= 11 is -0.791. The average Bonchev–Trinajstić information content (AvgIpc) is 3.11. The normalized spacial score (nSPS) is 15.2. The number of fused-ring (bicyclic) bond motifs is 3. The summed E-state index contributed by atoms with van der Waals surface area (Å²) in [5, 5.41) is 0. The van der Waals surface area contributed by atoms with E-state index in [1.165, 1.54) is 35.1 Å². The monoisotopic (exact) mass is 535 g/mol. The zero-order chi connectivity index (χ0) is 15.8. The molecule has 3 heteroatoms. The Kier molecular flexibility index (Phi) is 7.19. The van der Waals surface area contributed by atoms with Crippen LogP contribution in [0, 0.1) is 0 Å². The first kappa shape index (κ1) is 20.6. The summed E-state index contributed by atoms with van der Waals surface area (Å²) in [4.78, 5) is 0. The molecule has 4 rings (SSSR count). The van der Waals surface area contributed by atoms with E-state index in [0.29, 0.717) is 5.92 Å². The van der Waals surface area contributed by atoms with Crippen molar-refractivity contribution in [3.63, 3.8) is 0 Å². The number of rotatable bonds is 3. The molecule has 0 fully saturated rings. The Labute approximate surface area is 174 Å². The summed E-state index contributed by atoms with van der Waals surface area (Å²) in [6.45, 7) is 4.71. The molecule has 127 valence electrons. The van der Waals surface area contributed by atoms with Crippen molar-refractivity contribution < 1.29 is 47.2 Å². The smallest absolute Gasteiger partial charge is 1.00 e. The second-order valence-electron chi connectivity index (χ2n) is 6.60. The Morgan fingerprint density at radius 1 is 0.960 bits per heavy atom. The van der Waals surface area contributed by atoms with Crippen LogP contribution in [0.2, 0.25) is 0 Å². The Bertz CT molecular complexity index is 816. The van der Waals surface area contributed by atoms with Crippen molar-refractivity contribution in [3.05, 3.63) is 80.7 Å². The van der Waals surface area contributed by atoms with Gasteiger partial charge in [-0.05, 0) is 0 Å². The van der Waals surface area contributed by atoms with Crippen molar-refractivity contribution in [1.29, 1.82) is 0 Å². The van der Waals surface area contributed by atoms with E-state index in [1.807, 2.05) is 0 Å². The van der Waals surface area contributed by atoms with Gasteiger partial charge in [0.2, 0.25) is 0 Å². The summed E-state index contributed by atoms with van der Waals surface area (Å²) in [6.07, 6.45) is 7.12. The Hall–Kier alpha value is -0.760. The third-order valence-electron chi connectivity index (χ3n) is 5.00. The molecule has 25 heavy (non-hydrogen) atoms. The first-order valence-electron chi connectivity index (χ1n) is 8.38. The van der Waals surface area contributed by atoms with Crippen molar-refractivity contribution in [2.75, 3.05) is 0 Å². The van der Waals surface area contributed by atoms with E-state index in [1.54, 1.807) is 12.2 Å². The molecule has 0 N–H and O–H groups in total. The first-order chi connectivity index (χ1) is 11.2. The van der Waals surface area contributed by atoms with Gasteiger partial charge in [-0.2, -0.15) is 0 Å². The maximum absolute atomic E-state index is 2.42. The van der Waals surface area contributed by atoms with Crippen molar-refractivity contribution in [2.24, 2.45) is 0 Å². The third-order valence-corrected chi connectivity index (χ3v) is 10.5. The van der Waals surface area contributed by atoms with Crippen LogP contribution in [0.15, 0.2) is 69.6 Å². The maximum atomic E-state index is 2.42. The van der Waals surface area contributed by atoms with Crippen molar-refractivity contribution in [1.82, 2.24) is 0 Å². The molecule has 0 saturated carbocycles. The maximum Gasteiger partial charge on any atom is -1.00 e. The van der Waals surface area contributed by atoms with Gasteiger partial charge in [0.1, 0.15) is 0 Å². The zero-order valence-electron chi connectivity index (χ0n) is 14.5. The van der Waals surface area contributed by atoms with Gasteiger partial charge in [-0.3, -0.25) is 0 Å². The van der Waals surface area contributed by atoms with Crippen molar-refractivity contribution >= 4 is 3.26 Å². The van der Waals surface area contributed by atoms with Crippen LogP contribution in [-0.2, 0) is 22.4 Å². The first-order valence-corrected chi connectivity index (χ1v) is 12.0. The van der Waals surface area contributed by atoms with Gasteiger partial charge in [0.15, 0.2) is 0 Å². The molecule has 0 radical (unpaired) electrons. The van der Waals surface area contributed by atoms with Crippen LogP contribution in [0.3, 0.4) is 0 Å². The van der Waals surface area contributed by atoms with Gasteiger partial charge in [0.05, 0.1) is 0 Å². The molecule has 2 aromatic rings. The Morgan fingerprint density at radius 2 is 1.52 bits per heavy atom. The van der Waals surface area contributed by atoms with Gasteiger partial charge >= 0.3 is 150 Å². The van der Waals surface area contributed by atoms with Crippen LogP contribution in [0.1, 0.15) is 43.7 Å². The third kappa shape index (κ3) is 3.99. The number of halogens is 2. The molecule has 0 atom stereocenters. The standard InChI is InChI=1S/C16H14.C6H7.2ClH.Hf/c1-2-7-12-13-8-3-5-10-15(13)16-11-6-4-9-14(12)16;1-6-4-2-3-5-6;;;/h3-6,8-12H,7H2,1H3;2,4H,3H2,1H3;2*1H;/q;;;;+2/p-2. The van der Waals surface area contributed by atoms with Crippen molar-refractivity contribution in [3.8, 4) is 11.1 Å². The fourth-order valence-corrected chi connectivity index (χ4v) is 8.61. The van der Waals surface area contributed by atoms with Gasteiger partial charge in [-0.15, -0.1) is 0 Å². The van der Waals surface area contributed by atoms with Gasteiger partial charge in [0.25, 0.3) is 0 Å². The van der Waals surface area contributed by atoms with Gasteiger partial charge in [0, 0.05) is 0 Å². The molecule has 2 aliphatic carbocycles. The van der Waals surface area contributed by atoms with Gasteiger partial charge in [-0.1, -0.05) is 0 Å². The second kappa shape index (κ2) is 8.75. The Balaban J connectivity index is 0.00000113. The molecule has 0 spiro atoms. The minimum atomic E-state index is -0.791. The van der Waals surface area contributed by atoms with Crippen LogP contribution in [0.5, 0.6) is 0 Å². The molecular weight excluding hydrogens is 514 g/mol. The number of benzene rings is 2. The zero-order valence-corrected chi connectivity index (χ0v) is 19.6. The van der Waals surface area contributed by atoms with E-state index in [4.69, 9.17) is 0 Å². The van der Waals surface area contributed by atoms with Crippen molar-refractivity contribution in [2.45, 2.75) is 32.6 Å². The number of hydrogen-bond acceptors (Lipinski definition) is 0. The Morgan fingerprint density at radius 3 is 2.04 bits per heavy atom. The summed E-state index contributed by atoms with van der Waals surface area (Å²) < 4.78 is 3.58. The van der Waals surface area contributed by atoms with E-state index in [2.05, 4.69) is 74.5 Å².